The smallest absolute Gasteiger partial charge is 0.231 e. The Morgan fingerprint density at radius 3 is 2.60 bits per heavy atom. The third kappa shape index (κ3) is 2.70. The van der Waals surface area contributed by atoms with E-state index in [1.54, 1.807) is 24.3 Å². The third-order valence-corrected chi connectivity index (χ3v) is 3.93. The van der Waals surface area contributed by atoms with Gasteiger partial charge in [-0.1, -0.05) is 35.3 Å². The number of rotatable bonds is 3. The third-order valence-electron chi connectivity index (χ3n) is 3.19. The van der Waals surface area contributed by atoms with Crippen molar-refractivity contribution in [3.05, 3.63) is 57.6 Å². The van der Waals surface area contributed by atoms with Crippen LogP contribution in [-0.4, -0.2) is 11.9 Å². The molecule has 5 heteroatoms. The van der Waals surface area contributed by atoms with Crippen LogP contribution in [-0.2, 0) is 6.42 Å². The standard InChI is InChI=1S/C15H12Cl2O3/c16-11-3-1-9(5-12(11)17)6-13(18)10-2-4-14-15(7-10)20-8-19-14/h1-5,7,13,18H,6,8H2. The number of ether oxygens (including phenoxy) is 2. The van der Waals surface area contributed by atoms with Gasteiger partial charge in [0, 0.05) is 6.42 Å². The van der Waals surface area contributed by atoms with Gasteiger partial charge in [0.15, 0.2) is 11.5 Å². The maximum absolute atomic E-state index is 10.3. The van der Waals surface area contributed by atoms with Gasteiger partial charge in [0.2, 0.25) is 6.79 Å². The normalized spacial score (nSPS) is 14.3. The Hall–Kier alpha value is -1.42. The predicted octanol–water partition coefficient (Wildman–Crippen LogP) is 4.00. The Balaban J connectivity index is 1.78. The fourth-order valence-electron chi connectivity index (χ4n) is 2.13. The Morgan fingerprint density at radius 1 is 1.00 bits per heavy atom. The van der Waals surface area contributed by atoms with Crippen LogP contribution in [0.1, 0.15) is 17.2 Å². The molecule has 1 N–H and O–H groups in total. The summed E-state index contributed by atoms with van der Waals surface area (Å²) in [6, 6.07) is 10.8. The molecule has 2 aromatic carbocycles. The quantitative estimate of drug-likeness (QED) is 0.931. The van der Waals surface area contributed by atoms with Crippen molar-refractivity contribution >= 4 is 23.2 Å². The maximum Gasteiger partial charge on any atom is 0.231 e. The molecular formula is C15H12Cl2O3. The summed E-state index contributed by atoms with van der Waals surface area (Å²) in [6.45, 7) is 0.224. The minimum absolute atomic E-state index is 0.224. The first kappa shape index (κ1) is 13.6. The molecule has 1 aliphatic rings. The molecule has 0 aromatic heterocycles. The second kappa shape index (κ2) is 5.52. The molecular weight excluding hydrogens is 299 g/mol. The number of hydrogen-bond acceptors (Lipinski definition) is 3. The molecule has 104 valence electrons. The molecule has 1 atom stereocenters. The Labute approximate surface area is 126 Å². The van der Waals surface area contributed by atoms with Crippen molar-refractivity contribution in [3.8, 4) is 11.5 Å². The van der Waals surface area contributed by atoms with Crippen LogP contribution in [0.4, 0.5) is 0 Å². The number of hydrogen-bond donors (Lipinski definition) is 1. The van der Waals surface area contributed by atoms with Crippen molar-refractivity contribution in [2.24, 2.45) is 0 Å². The predicted molar refractivity (Wildman–Crippen MR) is 77.7 cm³/mol. The first-order valence-corrected chi connectivity index (χ1v) is 6.90. The number of aliphatic hydroxyl groups excluding tert-OH is 1. The average Bonchev–Trinajstić information content (AvgIpc) is 2.90. The fourth-order valence-corrected chi connectivity index (χ4v) is 2.45. The van der Waals surface area contributed by atoms with Crippen LogP contribution in [0.25, 0.3) is 0 Å². The first-order chi connectivity index (χ1) is 9.63. The lowest BCUT2D eigenvalue weighted by Crippen LogP contribution is -2.01. The molecule has 1 unspecified atom stereocenters. The van der Waals surface area contributed by atoms with Crippen molar-refractivity contribution in [1.82, 2.24) is 0 Å². The van der Waals surface area contributed by atoms with E-state index in [1.165, 1.54) is 0 Å². The van der Waals surface area contributed by atoms with Crippen LogP contribution in [0.15, 0.2) is 36.4 Å². The molecule has 0 fully saturated rings. The molecule has 0 saturated heterocycles. The van der Waals surface area contributed by atoms with E-state index in [2.05, 4.69) is 0 Å². The van der Waals surface area contributed by atoms with Crippen molar-refractivity contribution in [2.75, 3.05) is 6.79 Å². The zero-order chi connectivity index (χ0) is 14.1. The summed E-state index contributed by atoms with van der Waals surface area (Å²) < 4.78 is 10.5. The van der Waals surface area contributed by atoms with Gasteiger partial charge in [0.05, 0.1) is 16.1 Å². The van der Waals surface area contributed by atoms with Gasteiger partial charge in [-0.05, 0) is 35.4 Å². The molecule has 0 aliphatic carbocycles. The highest BCUT2D eigenvalue weighted by atomic mass is 35.5. The van der Waals surface area contributed by atoms with E-state index in [1.807, 2.05) is 12.1 Å². The average molecular weight is 311 g/mol. The van der Waals surface area contributed by atoms with E-state index in [0.717, 1.165) is 11.1 Å². The van der Waals surface area contributed by atoms with Gasteiger partial charge in [-0.15, -0.1) is 0 Å². The molecule has 0 bridgehead atoms. The van der Waals surface area contributed by atoms with Crippen LogP contribution < -0.4 is 9.47 Å². The highest BCUT2D eigenvalue weighted by molar-refractivity contribution is 6.42. The minimum atomic E-state index is -0.637. The molecule has 0 radical (unpaired) electrons. The zero-order valence-corrected chi connectivity index (χ0v) is 12.0. The van der Waals surface area contributed by atoms with Crippen molar-refractivity contribution < 1.29 is 14.6 Å². The summed E-state index contributed by atoms with van der Waals surface area (Å²) >= 11 is 11.8. The van der Waals surface area contributed by atoms with Crippen LogP contribution in [0.3, 0.4) is 0 Å². The summed E-state index contributed by atoms with van der Waals surface area (Å²) in [5, 5.41) is 11.3. The maximum atomic E-state index is 10.3. The van der Waals surface area contributed by atoms with Gasteiger partial charge in [0.1, 0.15) is 0 Å². The van der Waals surface area contributed by atoms with Gasteiger partial charge >= 0.3 is 0 Å². The largest absolute Gasteiger partial charge is 0.454 e. The lowest BCUT2D eigenvalue weighted by molar-refractivity contribution is 0.171. The molecule has 2 aromatic rings. The Kier molecular flexibility index (Phi) is 3.74. The number of aliphatic hydroxyl groups is 1. The number of fused-ring (bicyclic) bond motifs is 1. The van der Waals surface area contributed by atoms with Crippen LogP contribution in [0, 0.1) is 0 Å². The van der Waals surface area contributed by atoms with Crippen LogP contribution in [0.5, 0.6) is 11.5 Å². The summed E-state index contributed by atoms with van der Waals surface area (Å²) in [5.74, 6) is 1.37. The molecule has 0 spiro atoms. The van der Waals surface area contributed by atoms with Gasteiger partial charge in [0.25, 0.3) is 0 Å². The van der Waals surface area contributed by atoms with Crippen molar-refractivity contribution in [2.45, 2.75) is 12.5 Å². The molecule has 3 nitrogen and oxygen atoms in total. The Morgan fingerprint density at radius 2 is 1.80 bits per heavy atom. The summed E-state index contributed by atoms with van der Waals surface area (Å²) in [7, 11) is 0. The molecule has 20 heavy (non-hydrogen) atoms. The number of halogens is 2. The number of benzene rings is 2. The first-order valence-electron chi connectivity index (χ1n) is 6.15. The lowest BCUT2D eigenvalue weighted by Gasteiger charge is -2.12. The molecule has 3 rings (SSSR count). The second-order valence-corrected chi connectivity index (χ2v) is 5.40. The Bertz CT molecular complexity index is 643. The van der Waals surface area contributed by atoms with E-state index in [4.69, 9.17) is 32.7 Å². The van der Waals surface area contributed by atoms with Crippen LogP contribution >= 0.6 is 23.2 Å². The summed E-state index contributed by atoms with van der Waals surface area (Å²) in [5.41, 5.74) is 1.70. The molecule has 1 heterocycles. The zero-order valence-electron chi connectivity index (χ0n) is 10.5. The minimum Gasteiger partial charge on any atom is -0.454 e. The van der Waals surface area contributed by atoms with E-state index >= 15 is 0 Å². The fraction of sp³-hybridized carbons (Fsp3) is 0.200. The van der Waals surface area contributed by atoms with Gasteiger partial charge < -0.3 is 14.6 Å². The summed E-state index contributed by atoms with van der Waals surface area (Å²) in [4.78, 5) is 0. The van der Waals surface area contributed by atoms with Gasteiger partial charge in [-0.3, -0.25) is 0 Å². The lowest BCUT2D eigenvalue weighted by atomic mass is 10.0. The highest BCUT2D eigenvalue weighted by Gasteiger charge is 2.17. The van der Waals surface area contributed by atoms with Crippen molar-refractivity contribution in [1.29, 1.82) is 0 Å². The van der Waals surface area contributed by atoms with E-state index in [0.29, 0.717) is 28.0 Å². The highest BCUT2D eigenvalue weighted by Crippen LogP contribution is 2.35. The SMILES string of the molecule is OC(Cc1ccc(Cl)c(Cl)c1)c1ccc2c(c1)OCO2. The van der Waals surface area contributed by atoms with E-state index in [-0.39, 0.29) is 6.79 Å². The molecule has 0 saturated carbocycles. The topological polar surface area (TPSA) is 38.7 Å². The summed E-state index contributed by atoms with van der Waals surface area (Å²) in [6.07, 6.45) is -0.182. The van der Waals surface area contributed by atoms with E-state index in [9.17, 15) is 5.11 Å². The second-order valence-electron chi connectivity index (χ2n) is 4.58. The monoisotopic (exact) mass is 310 g/mol. The molecule has 1 aliphatic heterocycles. The van der Waals surface area contributed by atoms with E-state index < -0.39 is 6.10 Å². The van der Waals surface area contributed by atoms with Gasteiger partial charge in [-0.25, -0.2) is 0 Å². The van der Waals surface area contributed by atoms with Gasteiger partial charge in [-0.2, -0.15) is 0 Å². The van der Waals surface area contributed by atoms with Crippen LogP contribution in [0.2, 0.25) is 10.0 Å². The van der Waals surface area contributed by atoms with Crippen molar-refractivity contribution in [3.63, 3.8) is 0 Å². The molecule has 0 amide bonds.